The highest BCUT2D eigenvalue weighted by Gasteiger charge is 2.23. The quantitative estimate of drug-likeness (QED) is 0.802. The molecule has 0 unspecified atom stereocenters. The molecule has 0 aromatic carbocycles. The minimum Gasteiger partial charge on any atom is -0.465 e. The Morgan fingerprint density at radius 3 is 2.82 bits per heavy atom. The minimum absolute atomic E-state index is 0.260. The zero-order valence-electron chi connectivity index (χ0n) is 12.9. The van der Waals surface area contributed by atoms with Crippen molar-refractivity contribution in [1.82, 2.24) is 19.9 Å². The SMILES string of the molecule is COC(=O)c1cn(C2CCN(Cc3ccc(C)o3)CC2)nn1. The lowest BCUT2D eigenvalue weighted by Crippen LogP contribution is -2.34. The van der Waals surface area contributed by atoms with Crippen LogP contribution in [0.1, 0.15) is 40.9 Å². The third-order valence-electron chi connectivity index (χ3n) is 4.01. The number of hydrogen-bond acceptors (Lipinski definition) is 6. The number of aromatic nitrogens is 3. The summed E-state index contributed by atoms with van der Waals surface area (Å²) in [7, 11) is 1.34. The number of carbonyl (C=O) groups is 1. The second-order valence-electron chi connectivity index (χ2n) is 5.60. The summed E-state index contributed by atoms with van der Waals surface area (Å²) in [6, 6.07) is 4.30. The van der Waals surface area contributed by atoms with Crippen LogP contribution in [0, 0.1) is 6.92 Å². The lowest BCUT2D eigenvalue weighted by molar-refractivity contribution is 0.0594. The topological polar surface area (TPSA) is 73.4 Å². The van der Waals surface area contributed by atoms with E-state index in [1.165, 1.54) is 7.11 Å². The first kappa shape index (κ1) is 14.8. The fourth-order valence-electron chi connectivity index (χ4n) is 2.79. The van der Waals surface area contributed by atoms with Gasteiger partial charge in [-0.2, -0.15) is 0 Å². The van der Waals surface area contributed by atoms with Crippen LogP contribution in [-0.4, -0.2) is 46.1 Å². The van der Waals surface area contributed by atoms with Gasteiger partial charge in [-0.1, -0.05) is 5.21 Å². The summed E-state index contributed by atoms with van der Waals surface area (Å²) < 4.78 is 12.0. The smallest absolute Gasteiger partial charge is 0.360 e. The molecule has 0 bridgehead atoms. The molecule has 0 amide bonds. The van der Waals surface area contributed by atoms with Crippen molar-refractivity contribution >= 4 is 5.97 Å². The second kappa shape index (κ2) is 6.31. The fourth-order valence-corrected chi connectivity index (χ4v) is 2.79. The van der Waals surface area contributed by atoms with Crippen molar-refractivity contribution in [3.05, 3.63) is 35.5 Å². The predicted octanol–water partition coefficient (Wildman–Crippen LogP) is 1.80. The first-order chi connectivity index (χ1) is 10.7. The molecule has 22 heavy (non-hydrogen) atoms. The van der Waals surface area contributed by atoms with E-state index in [-0.39, 0.29) is 11.7 Å². The number of likely N-dealkylation sites (tertiary alicyclic amines) is 1. The van der Waals surface area contributed by atoms with Gasteiger partial charge >= 0.3 is 5.97 Å². The van der Waals surface area contributed by atoms with Crippen LogP contribution in [0.5, 0.6) is 0 Å². The minimum atomic E-state index is -0.447. The molecule has 118 valence electrons. The molecule has 1 saturated heterocycles. The highest BCUT2D eigenvalue weighted by Crippen LogP contribution is 2.23. The molecule has 2 aromatic heterocycles. The third-order valence-corrected chi connectivity index (χ3v) is 4.01. The van der Waals surface area contributed by atoms with Crippen molar-refractivity contribution in [2.45, 2.75) is 32.4 Å². The first-order valence-corrected chi connectivity index (χ1v) is 7.43. The Hall–Kier alpha value is -2.15. The first-order valence-electron chi connectivity index (χ1n) is 7.43. The Balaban J connectivity index is 1.55. The molecular weight excluding hydrogens is 284 g/mol. The molecule has 2 aromatic rings. The van der Waals surface area contributed by atoms with Crippen LogP contribution in [-0.2, 0) is 11.3 Å². The summed E-state index contributed by atoms with van der Waals surface area (Å²) in [4.78, 5) is 13.8. The molecule has 0 saturated carbocycles. The maximum Gasteiger partial charge on any atom is 0.360 e. The van der Waals surface area contributed by atoms with Gasteiger partial charge in [-0.05, 0) is 31.9 Å². The molecule has 3 rings (SSSR count). The van der Waals surface area contributed by atoms with Crippen molar-refractivity contribution in [2.24, 2.45) is 0 Å². The molecule has 7 nitrogen and oxygen atoms in total. The average Bonchev–Trinajstić information content (AvgIpc) is 3.17. The molecule has 0 aliphatic carbocycles. The zero-order valence-corrected chi connectivity index (χ0v) is 12.9. The zero-order chi connectivity index (χ0) is 15.5. The fraction of sp³-hybridized carbons (Fsp3) is 0.533. The summed E-state index contributed by atoms with van der Waals surface area (Å²) in [5, 5.41) is 7.91. The molecule has 0 N–H and O–H groups in total. The van der Waals surface area contributed by atoms with E-state index < -0.39 is 5.97 Å². The normalized spacial score (nSPS) is 16.8. The van der Waals surface area contributed by atoms with Crippen LogP contribution in [0.3, 0.4) is 0 Å². The lowest BCUT2D eigenvalue weighted by Gasteiger charge is -2.31. The number of carbonyl (C=O) groups excluding carboxylic acids is 1. The van der Waals surface area contributed by atoms with E-state index in [2.05, 4.69) is 19.9 Å². The standard InChI is InChI=1S/C15H20N4O3/c1-11-3-4-13(22-11)9-18-7-5-12(6-8-18)19-10-14(16-17-19)15(20)21-2/h3-4,10,12H,5-9H2,1-2H3. The Labute approximate surface area is 128 Å². The third kappa shape index (κ3) is 3.19. The van der Waals surface area contributed by atoms with Gasteiger partial charge in [0.1, 0.15) is 11.5 Å². The molecule has 1 aliphatic rings. The monoisotopic (exact) mass is 304 g/mol. The van der Waals surface area contributed by atoms with Crippen LogP contribution in [0.25, 0.3) is 0 Å². The lowest BCUT2D eigenvalue weighted by atomic mass is 10.1. The van der Waals surface area contributed by atoms with Gasteiger partial charge in [-0.3, -0.25) is 4.90 Å². The number of piperidine rings is 1. The maximum absolute atomic E-state index is 11.4. The highest BCUT2D eigenvalue weighted by molar-refractivity contribution is 5.86. The van der Waals surface area contributed by atoms with E-state index in [0.29, 0.717) is 0 Å². The largest absolute Gasteiger partial charge is 0.465 e. The summed E-state index contributed by atoms with van der Waals surface area (Å²) in [5.41, 5.74) is 0.260. The Kier molecular flexibility index (Phi) is 4.24. The van der Waals surface area contributed by atoms with Crippen LogP contribution in [0.4, 0.5) is 0 Å². The van der Waals surface area contributed by atoms with Crippen LogP contribution in [0.15, 0.2) is 22.7 Å². The maximum atomic E-state index is 11.4. The van der Waals surface area contributed by atoms with Crippen LogP contribution < -0.4 is 0 Å². The molecule has 0 radical (unpaired) electrons. The summed E-state index contributed by atoms with van der Waals surface area (Å²) in [6.07, 6.45) is 3.62. The number of nitrogens with zero attached hydrogens (tertiary/aromatic N) is 4. The van der Waals surface area contributed by atoms with Gasteiger partial charge in [0.05, 0.1) is 25.9 Å². The van der Waals surface area contributed by atoms with Crippen molar-refractivity contribution in [3.8, 4) is 0 Å². The highest BCUT2D eigenvalue weighted by atomic mass is 16.5. The Morgan fingerprint density at radius 1 is 1.41 bits per heavy atom. The van der Waals surface area contributed by atoms with Gasteiger partial charge in [-0.15, -0.1) is 5.10 Å². The van der Waals surface area contributed by atoms with Crippen molar-refractivity contribution in [1.29, 1.82) is 0 Å². The van der Waals surface area contributed by atoms with E-state index in [0.717, 1.165) is 44.0 Å². The second-order valence-corrected chi connectivity index (χ2v) is 5.60. The number of hydrogen-bond donors (Lipinski definition) is 0. The summed E-state index contributed by atoms with van der Waals surface area (Å²) in [6.45, 7) is 4.74. The van der Waals surface area contributed by atoms with Gasteiger partial charge in [0.2, 0.25) is 0 Å². The van der Waals surface area contributed by atoms with Gasteiger partial charge in [-0.25, -0.2) is 9.48 Å². The van der Waals surface area contributed by atoms with E-state index in [1.54, 1.807) is 10.9 Å². The summed E-state index contributed by atoms with van der Waals surface area (Å²) in [5.74, 6) is 1.50. The van der Waals surface area contributed by atoms with Gasteiger partial charge < -0.3 is 9.15 Å². The molecule has 3 heterocycles. The number of furan rings is 1. The van der Waals surface area contributed by atoms with Crippen LogP contribution >= 0.6 is 0 Å². The number of aryl methyl sites for hydroxylation is 1. The summed E-state index contributed by atoms with van der Waals surface area (Å²) >= 11 is 0. The van der Waals surface area contributed by atoms with E-state index in [4.69, 9.17) is 4.42 Å². The molecule has 0 atom stereocenters. The molecule has 1 aliphatic heterocycles. The molecule has 1 fully saturated rings. The van der Waals surface area contributed by atoms with Crippen molar-refractivity contribution < 1.29 is 13.9 Å². The van der Waals surface area contributed by atoms with Crippen molar-refractivity contribution in [3.63, 3.8) is 0 Å². The Bertz CT molecular complexity index is 641. The predicted molar refractivity (Wildman–Crippen MR) is 78.4 cm³/mol. The molecular formula is C15H20N4O3. The van der Waals surface area contributed by atoms with E-state index >= 15 is 0 Å². The number of ether oxygens (including phenoxy) is 1. The average molecular weight is 304 g/mol. The number of esters is 1. The molecule has 7 heteroatoms. The molecule has 0 spiro atoms. The van der Waals surface area contributed by atoms with Crippen LogP contribution in [0.2, 0.25) is 0 Å². The Morgan fingerprint density at radius 2 is 2.18 bits per heavy atom. The van der Waals surface area contributed by atoms with Crippen molar-refractivity contribution in [2.75, 3.05) is 20.2 Å². The van der Waals surface area contributed by atoms with Gasteiger partial charge in [0.15, 0.2) is 5.69 Å². The van der Waals surface area contributed by atoms with E-state index in [1.807, 2.05) is 19.1 Å². The van der Waals surface area contributed by atoms with Gasteiger partial charge in [0.25, 0.3) is 0 Å². The number of methoxy groups -OCH3 is 1. The van der Waals surface area contributed by atoms with Gasteiger partial charge in [0, 0.05) is 13.1 Å². The van der Waals surface area contributed by atoms with E-state index in [9.17, 15) is 4.79 Å². The number of rotatable bonds is 4.